The van der Waals surface area contributed by atoms with Gasteiger partial charge in [0.2, 0.25) is 5.91 Å². The number of rotatable bonds is 13. The lowest BCUT2D eigenvalue weighted by molar-refractivity contribution is -0.145. The van der Waals surface area contributed by atoms with E-state index in [-0.39, 0.29) is 43.5 Å². The molecule has 0 spiro atoms. The highest BCUT2D eigenvalue weighted by atomic mass is 19.1. The maximum Gasteiger partial charge on any atom is 0.306 e. The average molecular weight is 491 g/mol. The topological polar surface area (TPSA) is 139 Å². The molecule has 35 heavy (non-hydrogen) atoms. The summed E-state index contributed by atoms with van der Waals surface area (Å²) < 4.78 is 23.9. The predicted octanol–water partition coefficient (Wildman–Crippen LogP) is 3.67. The summed E-state index contributed by atoms with van der Waals surface area (Å²) >= 11 is 0. The lowest BCUT2D eigenvalue weighted by atomic mass is 9.75. The number of oxazole rings is 1. The summed E-state index contributed by atoms with van der Waals surface area (Å²) in [6.45, 7) is 0.275. The van der Waals surface area contributed by atoms with Gasteiger partial charge in [-0.1, -0.05) is 12.8 Å². The average Bonchev–Trinajstić information content (AvgIpc) is 3.47. The number of benzene rings is 1. The first-order chi connectivity index (χ1) is 16.7. The van der Waals surface area contributed by atoms with Crippen LogP contribution in [0.5, 0.6) is 0 Å². The van der Waals surface area contributed by atoms with E-state index < -0.39 is 29.3 Å². The van der Waals surface area contributed by atoms with Crippen molar-refractivity contribution in [2.75, 3.05) is 13.7 Å². The second-order valence-corrected chi connectivity index (χ2v) is 9.11. The van der Waals surface area contributed by atoms with Gasteiger partial charge in [0.1, 0.15) is 5.82 Å². The van der Waals surface area contributed by atoms with Crippen LogP contribution in [-0.2, 0) is 25.5 Å². The zero-order valence-electron chi connectivity index (χ0n) is 19.7. The summed E-state index contributed by atoms with van der Waals surface area (Å²) in [4.78, 5) is 40.9. The summed E-state index contributed by atoms with van der Waals surface area (Å²) in [6, 6.07) is 4.89. The van der Waals surface area contributed by atoms with E-state index in [0.717, 1.165) is 12.8 Å². The van der Waals surface area contributed by atoms with Crippen LogP contribution < -0.4 is 5.32 Å². The second-order valence-electron chi connectivity index (χ2n) is 9.11. The number of methoxy groups -OCH3 is 1. The van der Waals surface area contributed by atoms with Gasteiger partial charge in [0.25, 0.3) is 0 Å². The Morgan fingerprint density at radius 1 is 1.20 bits per heavy atom. The number of carboxylic acids is 2. The van der Waals surface area contributed by atoms with Gasteiger partial charge in [0.05, 0.1) is 24.0 Å². The highest BCUT2D eigenvalue weighted by Crippen LogP contribution is 2.44. The SMILES string of the molecule is COCC[C@H](CC1(C(=O)N[C@H](CC(=O)O)Cc2ncc(-c3ccc(F)cc3)o2)CCCC1)C(=O)O. The molecule has 0 radical (unpaired) electrons. The van der Waals surface area contributed by atoms with Crippen molar-refractivity contribution in [1.29, 1.82) is 0 Å². The van der Waals surface area contributed by atoms with Crippen LogP contribution in [0.4, 0.5) is 4.39 Å². The molecule has 190 valence electrons. The molecule has 2 aromatic rings. The minimum atomic E-state index is -1.09. The molecular weight excluding hydrogens is 459 g/mol. The highest BCUT2D eigenvalue weighted by molar-refractivity contribution is 5.84. The van der Waals surface area contributed by atoms with E-state index in [9.17, 15) is 29.0 Å². The third-order valence-electron chi connectivity index (χ3n) is 6.56. The van der Waals surface area contributed by atoms with Gasteiger partial charge in [0, 0.05) is 31.7 Å². The molecule has 1 aromatic heterocycles. The van der Waals surface area contributed by atoms with Crippen LogP contribution in [0.3, 0.4) is 0 Å². The summed E-state index contributed by atoms with van der Waals surface area (Å²) in [5, 5.41) is 21.9. The molecular formula is C25H31FN2O7. The molecule has 0 saturated heterocycles. The van der Waals surface area contributed by atoms with Crippen molar-refractivity contribution in [2.45, 2.75) is 57.4 Å². The van der Waals surface area contributed by atoms with Crippen molar-refractivity contribution in [3.8, 4) is 11.3 Å². The van der Waals surface area contributed by atoms with Crippen LogP contribution in [0, 0.1) is 17.2 Å². The number of nitrogens with zero attached hydrogens (tertiary/aromatic N) is 1. The molecule has 2 atom stereocenters. The molecule has 9 nitrogen and oxygen atoms in total. The fourth-order valence-corrected chi connectivity index (χ4v) is 4.71. The Kier molecular flexibility index (Phi) is 8.97. The number of carbonyl (C=O) groups is 3. The maximum absolute atomic E-state index is 13.4. The van der Waals surface area contributed by atoms with Crippen LogP contribution in [0.1, 0.15) is 50.8 Å². The van der Waals surface area contributed by atoms with Gasteiger partial charge in [-0.2, -0.15) is 0 Å². The first-order valence-electron chi connectivity index (χ1n) is 11.7. The number of amides is 1. The third kappa shape index (κ3) is 7.11. The summed E-state index contributed by atoms with van der Waals surface area (Å²) in [6.07, 6.45) is 4.32. The Hall–Kier alpha value is -3.27. The van der Waals surface area contributed by atoms with Crippen LogP contribution in [0.25, 0.3) is 11.3 Å². The molecule has 1 aromatic carbocycles. The zero-order chi connectivity index (χ0) is 25.4. The minimum absolute atomic E-state index is 0.0430. The van der Waals surface area contributed by atoms with Crippen LogP contribution >= 0.6 is 0 Å². The Morgan fingerprint density at radius 3 is 2.49 bits per heavy atom. The van der Waals surface area contributed by atoms with E-state index >= 15 is 0 Å². The molecule has 1 saturated carbocycles. The van der Waals surface area contributed by atoms with Crippen LogP contribution in [0.2, 0.25) is 0 Å². The molecule has 10 heteroatoms. The molecule has 3 rings (SSSR count). The van der Waals surface area contributed by atoms with Gasteiger partial charge >= 0.3 is 11.9 Å². The predicted molar refractivity (Wildman–Crippen MR) is 123 cm³/mol. The Labute approximate surface area is 202 Å². The largest absolute Gasteiger partial charge is 0.481 e. The number of ether oxygens (including phenoxy) is 1. The Balaban J connectivity index is 1.74. The van der Waals surface area contributed by atoms with Crippen molar-refractivity contribution < 1.29 is 38.1 Å². The number of carbonyl (C=O) groups excluding carboxylic acids is 1. The summed E-state index contributed by atoms with van der Waals surface area (Å²) in [5.74, 6) is -2.89. The quantitative estimate of drug-likeness (QED) is 0.387. The van der Waals surface area contributed by atoms with Crippen LogP contribution in [0.15, 0.2) is 34.9 Å². The van der Waals surface area contributed by atoms with Crippen molar-refractivity contribution >= 4 is 17.8 Å². The first-order valence-corrected chi connectivity index (χ1v) is 11.7. The second kappa shape index (κ2) is 11.9. The third-order valence-corrected chi connectivity index (χ3v) is 6.56. The Bertz CT molecular complexity index is 1020. The molecule has 1 fully saturated rings. The van der Waals surface area contributed by atoms with Gasteiger partial charge in [-0.05, 0) is 49.9 Å². The van der Waals surface area contributed by atoms with Crippen molar-refractivity contribution in [1.82, 2.24) is 10.3 Å². The highest BCUT2D eigenvalue weighted by Gasteiger charge is 2.44. The summed E-state index contributed by atoms with van der Waals surface area (Å²) in [7, 11) is 1.50. The molecule has 0 unspecified atom stereocenters. The van der Waals surface area contributed by atoms with Gasteiger partial charge in [-0.25, -0.2) is 9.37 Å². The van der Waals surface area contributed by atoms with Gasteiger partial charge in [-0.3, -0.25) is 14.4 Å². The fourth-order valence-electron chi connectivity index (χ4n) is 4.71. The van der Waals surface area contributed by atoms with E-state index in [1.165, 1.54) is 25.4 Å². The van der Waals surface area contributed by atoms with Gasteiger partial charge < -0.3 is 24.7 Å². The maximum atomic E-state index is 13.4. The molecule has 1 aliphatic rings. The number of aliphatic carboxylic acids is 2. The van der Waals surface area contributed by atoms with Gasteiger partial charge in [0.15, 0.2) is 11.7 Å². The fraction of sp³-hybridized carbons (Fsp3) is 0.520. The number of nitrogens with one attached hydrogen (secondary N) is 1. The van der Waals surface area contributed by atoms with Crippen molar-refractivity contribution in [2.24, 2.45) is 11.3 Å². The smallest absolute Gasteiger partial charge is 0.306 e. The van der Waals surface area contributed by atoms with E-state index in [2.05, 4.69) is 10.3 Å². The molecule has 0 aliphatic heterocycles. The number of halogens is 1. The molecule has 1 aliphatic carbocycles. The Morgan fingerprint density at radius 2 is 1.89 bits per heavy atom. The molecule has 3 N–H and O–H groups in total. The number of carboxylic acid groups (broad SMARTS) is 2. The molecule has 1 amide bonds. The van der Waals surface area contributed by atoms with Crippen molar-refractivity contribution in [3.05, 3.63) is 42.2 Å². The van der Waals surface area contributed by atoms with E-state index in [1.807, 2.05) is 0 Å². The minimum Gasteiger partial charge on any atom is -0.481 e. The lowest BCUT2D eigenvalue weighted by Crippen LogP contribution is -2.47. The summed E-state index contributed by atoms with van der Waals surface area (Å²) in [5.41, 5.74) is -0.256. The van der Waals surface area contributed by atoms with Crippen molar-refractivity contribution in [3.63, 3.8) is 0 Å². The number of aromatic nitrogens is 1. The van der Waals surface area contributed by atoms with E-state index in [0.29, 0.717) is 30.6 Å². The van der Waals surface area contributed by atoms with Gasteiger partial charge in [-0.15, -0.1) is 0 Å². The molecule has 1 heterocycles. The molecule has 0 bridgehead atoms. The monoisotopic (exact) mass is 490 g/mol. The lowest BCUT2D eigenvalue weighted by Gasteiger charge is -2.32. The van der Waals surface area contributed by atoms with E-state index in [4.69, 9.17) is 9.15 Å². The number of hydrogen-bond donors (Lipinski definition) is 3. The first kappa shape index (κ1) is 26.3. The number of hydrogen-bond acceptors (Lipinski definition) is 6. The van der Waals surface area contributed by atoms with Crippen LogP contribution in [-0.4, -0.2) is 52.8 Å². The standard InChI is InChI=1S/C25H31FN2O7/c1-34-11-8-17(23(31)32)14-25(9-2-3-10-25)24(33)28-19(13-22(29)30)12-21-27-15-20(35-21)16-4-6-18(26)7-5-16/h4-7,15,17,19H,2-3,8-14H2,1H3,(H,28,33)(H,29,30)(H,31,32)/t17-,19+/m1/s1. The zero-order valence-corrected chi connectivity index (χ0v) is 19.7. The normalized spacial score (nSPS) is 16.5. The van der Waals surface area contributed by atoms with E-state index in [1.54, 1.807) is 12.1 Å².